The molecule has 0 N–H and O–H groups in total. The van der Waals surface area contributed by atoms with Crippen LogP contribution in [0.5, 0.6) is 0 Å². The molecule has 0 amide bonds. The first-order chi connectivity index (χ1) is 21.2. The van der Waals surface area contributed by atoms with E-state index < -0.39 is 18.6 Å². The van der Waals surface area contributed by atoms with Gasteiger partial charge in [0, 0.05) is 40.6 Å². The summed E-state index contributed by atoms with van der Waals surface area (Å²) in [5.74, 6) is 0.700. The molecule has 0 aliphatic carbocycles. The van der Waals surface area contributed by atoms with Crippen LogP contribution in [0.4, 0.5) is 17.2 Å². The lowest BCUT2D eigenvalue weighted by Crippen LogP contribution is -2.32. The summed E-state index contributed by atoms with van der Waals surface area (Å²) < 4.78 is 51.1. The van der Waals surface area contributed by atoms with Crippen molar-refractivity contribution in [2.75, 3.05) is 4.90 Å². The molecule has 4 nitrogen and oxygen atoms in total. The lowest BCUT2D eigenvalue weighted by molar-refractivity contribution is -0.660. The first-order valence-electron chi connectivity index (χ1n) is 16.0. The van der Waals surface area contributed by atoms with Gasteiger partial charge >= 0.3 is 0 Å². The Morgan fingerprint density at radius 2 is 1.52 bits per heavy atom. The fourth-order valence-electron chi connectivity index (χ4n) is 5.22. The molecule has 3 aromatic heterocycles. The summed E-state index contributed by atoms with van der Waals surface area (Å²) in [6, 6.07) is 29.8. The Balaban J connectivity index is 1.59. The van der Waals surface area contributed by atoms with Crippen molar-refractivity contribution in [3.8, 4) is 11.3 Å². The minimum absolute atomic E-state index is 0.00340. The number of anilines is 3. The first-order valence-corrected chi connectivity index (χ1v) is 13.5. The zero-order chi connectivity index (χ0) is 32.3. The molecule has 3 aromatic carbocycles. The van der Waals surface area contributed by atoms with E-state index in [0.717, 1.165) is 33.3 Å². The van der Waals surface area contributed by atoms with E-state index in [1.54, 1.807) is 38.5 Å². The van der Waals surface area contributed by atoms with Gasteiger partial charge in [-0.25, -0.2) is 4.57 Å². The van der Waals surface area contributed by atoms with Crippen molar-refractivity contribution in [1.82, 2.24) is 4.98 Å². The number of benzene rings is 3. The molecule has 0 aliphatic heterocycles. The van der Waals surface area contributed by atoms with Crippen LogP contribution in [-0.2, 0) is 13.4 Å². The third-order valence-electron chi connectivity index (χ3n) is 7.00. The lowest BCUT2D eigenvalue weighted by atomic mass is 9.86. The summed E-state index contributed by atoms with van der Waals surface area (Å²) in [5.41, 5.74) is 4.64. The molecule has 0 spiro atoms. The molecule has 0 unspecified atom stereocenters. The second-order valence-corrected chi connectivity index (χ2v) is 11.2. The summed E-state index contributed by atoms with van der Waals surface area (Å²) >= 11 is 0. The standard InChI is InChI=1S/C36H36N3O/c1-24-17-18-29-30-19-20-32(39(27-13-9-7-10-14-27)28-15-11-8-12-16-28)37-35(30)40-34(29)33(24)31-21-26(22-36(3,4)5)25(2)23-38(31)6/h7-21,23H,22H2,1-6H3/q+1/i2D3,22D2. The Hall–Kier alpha value is -4.44. The quantitative estimate of drug-likeness (QED) is 0.208. The monoisotopic (exact) mass is 531 g/mol. The summed E-state index contributed by atoms with van der Waals surface area (Å²) in [6.07, 6.45) is -0.389. The molecule has 0 fully saturated rings. The molecule has 6 rings (SSSR count). The molecule has 0 saturated heterocycles. The maximum Gasteiger partial charge on any atom is 0.229 e. The van der Waals surface area contributed by atoms with Crippen molar-refractivity contribution < 1.29 is 15.8 Å². The minimum Gasteiger partial charge on any atom is -0.437 e. The predicted molar refractivity (Wildman–Crippen MR) is 165 cm³/mol. The van der Waals surface area contributed by atoms with E-state index in [0.29, 0.717) is 22.8 Å². The zero-order valence-electron chi connectivity index (χ0n) is 28.5. The van der Waals surface area contributed by atoms with Gasteiger partial charge in [-0.1, -0.05) is 69.3 Å². The number of nitrogens with zero attached hydrogens (tertiary/aromatic N) is 3. The van der Waals surface area contributed by atoms with Gasteiger partial charge in [-0.05, 0) is 73.1 Å². The molecule has 0 atom stereocenters. The summed E-state index contributed by atoms with van der Waals surface area (Å²) in [7, 11) is 1.79. The second-order valence-electron chi connectivity index (χ2n) is 11.2. The SMILES string of the molecule is [2H]C([2H])([2H])c1c[n+](C)c(-c2c(C)ccc3c2oc2nc(N(c4ccccc4)c4ccccc4)ccc23)cc1C([2H])([2H])C(C)(C)C. The molecule has 0 bridgehead atoms. The Bertz CT molecular complexity index is 1990. The van der Waals surface area contributed by atoms with Crippen LogP contribution in [0.15, 0.2) is 102 Å². The Morgan fingerprint density at radius 3 is 2.15 bits per heavy atom. The van der Waals surface area contributed by atoms with Crippen LogP contribution in [0.25, 0.3) is 33.3 Å². The number of hydrogen-bond donors (Lipinski definition) is 0. The van der Waals surface area contributed by atoms with Crippen molar-refractivity contribution in [1.29, 1.82) is 0 Å². The van der Waals surface area contributed by atoms with Gasteiger partial charge in [0.1, 0.15) is 12.9 Å². The highest BCUT2D eigenvalue weighted by molar-refractivity contribution is 6.09. The number of aromatic nitrogens is 2. The van der Waals surface area contributed by atoms with E-state index >= 15 is 0 Å². The molecule has 40 heavy (non-hydrogen) atoms. The van der Waals surface area contributed by atoms with Gasteiger partial charge in [0.15, 0.2) is 11.8 Å². The molecule has 6 aromatic rings. The largest absolute Gasteiger partial charge is 0.437 e. The highest BCUT2D eigenvalue weighted by Gasteiger charge is 2.24. The molecule has 0 radical (unpaired) electrons. The number of hydrogen-bond acceptors (Lipinski definition) is 3. The summed E-state index contributed by atoms with van der Waals surface area (Å²) in [5, 5.41) is 1.72. The lowest BCUT2D eigenvalue weighted by Gasteiger charge is -2.23. The average Bonchev–Trinajstić information content (AvgIpc) is 3.35. The molecule has 4 heteroatoms. The number of aryl methyl sites for hydroxylation is 3. The van der Waals surface area contributed by atoms with E-state index in [4.69, 9.17) is 16.3 Å². The molecular formula is C36H36N3O+. The van der Waals surface area contributed by atoms with E-state index in [-0.39, 0.29) is 11.1 Å². The topological polar surface area (TPSA) is 33.1 Å². The normalized spacial score (nSPS) is 14.4. The van der Waals surface area contributed by atoms with Crippen molar-refractivity contribution in [3.63, 3.8) is 0 Å². The first kappa shape index (κ1) is 20.5. The summed E-state index contributed by atoms with van der Waals surface area (Å²) in [6.45, 7) is 4.83. The van der Waals surface area contributed by atoms with Crippen LogP contribution in [0.1, 0.15) is 44.3 Å². The highest BCUT2D eigenvalue weighted by atomic mass is 16.3. The van der Waals surface area contributed by atoms with E-state index in [1.807, 2.05) is 91.9 Å². The minimum atomic E-state index is -2.49. The molecule has 200 valence electrons. The third-order valence-corrected chi connectivity index (χ3v) is 7.00. The van der Waals surface area contributed by atoms with Gasteiger partial charge < -0.3 is 4.42 Å². The number of rotatable bonds is 5. The van der Waals surface area contributed by atoms with Gasteiger partial charge in [-0.3, -0.25) is 4.90 Å². The Labute approximate surface area is 243 Å². The smallest absolute Gasteiger partial charge is 0.229 e. The van der Waals surface area contributed by atoms with E-state index in [9.17, 15) is 0 Å². The Kier molecular flexibility index (Phi) is 5.09. The van der Waals surface area contributed by atoms with Crippen molar-refractivity contribution in [2.45, 2.75) is 40.9 Å². The maximum absolute atomic E-state index is 9.05. The highest BCUT2D eigenvalue weighted by Crippen LogP contribution is 2.39. The predicted octanol–water partition coefficient (Wildman–Crippen LogP) is 9.15. The van der Waals surface area contributed by atoms with Crippen molar-refractivity contribution >= 4 is 39.3 Å². The van der Waals surface area contributed by atoms with Crippen LogP contribution in [-0.4, -0.2) is 4.98 Å². The van der Waals surface area contributed by atoms with Crippen LogP contribution in [0, 0.1) is 19.2 Å². The number of furan rings is 1. The summed E-state index contributed by atoms with van der Waals surface area (Å²) in [4.78, 5) is 7.08. The fourth-order valence-corrected chi connectivity index (χ4v) is 5.22. The van der Waals surface area contributed by atoms with E-state index in [2.05, 4.69) is 4.90 Å². The van der Waals surface area contributed by atoms with Crippen molar-refractivity contribution in [3.05, 3.63) is 114 Å². The second kappa shape index (κ2) is 9.95. The van der Waals surface area contributed by atoms with Gasteiger partial charge in [0.05, 0.1) is 5.56 Å². The zero-order valence-corrected chi connectivity index (χ0v) is 23.5. The fraction of sp³-hybridized carbons (Fsp3) is 0.222. The number of pyridine rings is 2. The average molecular weight is 532 g/mol. The van der Waals surface area contributed by atoms with E-state index in [1.165, 1.54) is 6.20 Å². The molecule has 0 aliphatic rings. The number of fused-ring (bicyclic) bond motifs is 3. The van der Waals surface area contributed by atoms with Crippen LogP contribution in [0.3, 0.4) is 0 Å². The number of para-hydroxylation sites is 2. The van der Waals surface area contributed by atoms with Crippen LogP contribution in [0.2, 0.25) is 0 Å². The van der Waals surface area contributed by atoms with Crippen LogP contribution < -0.4 is 9.47 Å². The Morgan fingerprint density at radius 1 is 0.875 bits per heavy atom. The third kappa shape index (κ3) is 4.75. The molecule has 0 saturated carbocycles. The van der Waals surface area contributed by atoms with Crippen molar-refractivity contribution in [2.24, 2.45) is 12.5 Å². The van der Waals surface area contributed by atoms with Gasteiger partial charge in [-0.2, -0.15) is 4.98 Å². The van der Waals surface area contributed by atoms with Crippen LogP contribution >= 0.6 is 0 Å². The molecule has 3 heterocycles. The molecular weight excluding hydrogens is 490 g/mol. The maximum atomic E-state index is 9.05. The van der Waals surface area contributed by atoms with Gasteiger partial charge in [0.25, 0.3) is 0 Å². The van der Waals surface area contributed by atoms with Gasteiger partial charge in [-0.15, -0.1) is 0 Å². The van der Waals surface area contributed by atoms with Gasteiger partial charge in [0.2, 0.25) is 11.4 Å².